The summed E-state index contributed by atoms with van der Waals surface area (Å²) in [7, 11) is 0. The summed E-state index contributed by atoms with van der Waals surface area (Å²) in [6.45, 7) is 6.05. The third kappa shape index (κ3) is 4.77. The Morgan fingerprint density at radius 3 is 2.50 bits per heavy atom. The summed E-state index contributed by atoms with van der Waals surface area (Å²) >= 11 is 6.36. The Morgan fingerprint density at radius 2 is 1.86 bits per heavy atom. The fourth-order valence-electron chi connectivity index (χ4n) is 2.75. The minimum absolute atomic E-state index is 0.00705. The fourth-order valence-corrected chi connectivity index (χ4v) is 3.02. The van der Waals surface area contributed by atoms with Gasteiger partial charge in [0.2, 0.25) is 5.95 Å². The summed E-state index contributed by atoms with van der Waals surface area (Å²) in [6.07, 6.45) is 3.45. The number of aliphatic hydroxyl groups is 1. The molecule has 0 saturated carbocycles. The zero-order valence-electron chi connectivity index (χ0n) is 16.1. The zero-order chi connectivity index (χ0) is 20.1. The number of hydrogen-bond donors (Lipinski definition) is 3. The first kappa shape index (κ1) is 20.0. The summed E-state index contributed by atoms with van der Waals surface area (Å²) in [5, 5.41) is 16.8. The maximum atomic E-state index is 9.66. The van der Waals surface area contributed by atoms with Gasteiger partial charge in [0.25, 0.3) is 0 Å². The van der Waals surface area contributed by atoms with Gasteiger partial charge in [0.1, 0.15) is 5.82 Å². The average Bonchev–Trinajstić information content (AvgIpc) is 2.69. The van der Waals surface area contributed by atoms with Crippen LogP contribution >= 0.6 is 11.6 Å². The van der Waals surface area contributed by atoms with Crippen molar-refractivity contribution in [3.8, 4) is 11.3 Å². The maximum absolute atomic E-state index is 9.66. The first-order chi connectivity index (χ1) is 13.5. The summed E-state index contributed by atoms with van der Waals surface area (Å²) in [5.41, 5.74) is 3.48. The lowest BCUT2D eigenvalue weighted by Gasteiger charge is -2.21. The zero-order valence-corrected chi connectivity index (χ0v) is 16.9. The number of nitrogens with zero attached hydrogens (tertiary/aromatic N) is 3. The van der Waals surface area contributed by atoms with Gasteiger partial charge in [-0.3, -0.25) is 4.98 Å². The van der Waals surface area contributed by atoms with E-state index < -0.39 is 0 Å². The van der Waals surface area contributed by atoms with E-state index in [1.54, 1.807) is 12.4 Å². The summed E-state index contributed by atoms with van der Waals surface area (Å²) in [6, 6.07) is 11.2. The molecule has 0 aliphatic carbocycles. The van der Waals surface area contributed by atoms with Crippen LogP contribution in [0.5, 0.6) is 0 Å². The van der Waals surface area contributed by atoms with Crippen molar-refractivity contribution in [1.29, 1.82) is 0 Å². The van der Waals surface area contributed by atoms with E-state index in [4.69, 9.17) is 11.6 Å². The standard InChI is InChI=1S/C21H24ClN5O/c1-13(2)18(12-28)25-21-24-17(15-7-9-23-10-8-15)11-19(27-21)26-20-14(3)5-4-6-16(20)22/h4-11,13,18,28H,12H2,1-3H3,(H2,24,25,26,27)/t18-/m0/s1. The van der Waals surface area contributed by atoms with E-state index in [2.05, 4.69) is 25.6 Å². The molecule has 6 nitrogen and oxygen atoms in total. The minimum atomic E-state index is -0.150. The van der Waals surface area contributed by atoms with Crippen LogP contribution in [0.4, 0.5) is 17.5 Å². The number of anilines is 3. The molecule has 146 valence electrons. The Morgan fingerprint density at radius 1 is 1.11 bits per heavy atom. The SMILES string of the molecule is Cc1cccc(Cl)c1Nc1cc(-c2ccncc2)nc(N[C@@H](CO)C(C)C)n1. The van der Waals surface area contributed by atoms with Gasteiger partial charge in [-0.25, -0.2) is 4.98 Å². The molecule has 2 heterocycles. The maximum Gasteiger partial charge on any atom is 0.225 e. The number of halogens is 1. The highest BCUT2D eigenvalue weighted by molar-refractivity contribution is 6.33. The molecule has 0 fully saturated rings. The molecule has 0 aliphatic rings. The molecule has 0 spiro atoms. The molecule has 0 unspecified atom stereocenters. The molecular weight excluding hydrogens is 374 g/mol. The number of nitrogens with one attached hydrogen (secondary N) is 2. The Balaban J connectivity index is 2.02. The average molecular weight is 398 g/mol. The third-order valence-corrected chi connectivity index (χ3v) is 4.81. The molecule has 0 bridgehead atoms. The Hall–Kier alpha value is -2.70. The molecule has 3 aromatic rings. The highest BCUT2D eigenvalue weighted by Crippen LogP contribution is 2.30. The quantitative estimate of drug-likeness (QED) is 0.537. The van der Waals surface area contributed by atoms with Gasteiger partial charge >= 0.3 is 0 Å². The van der Waals surface area contributed by atoms with E-state index in [1.165, 1.54) is 0 Å². The summed E-state index contributed by atoms with van der Waals surface area (Å²) in [4.78, 5) is 13.3. The lowest BCUT2D eigenvalue weighted by Crippen LogP contribution is -2.30. The largest absolute Gasteiger partial charge is 0.394 e. The van der Waals surface area contributed by atoms with Gasteiger partial charge < -0.3 is 15.7 Å². The molecule has 2 aromatic heterocycles. The van der Waals surface area contributed by atoms with Crippen molar-refractivity contribution < 1.29 is 5.11 Å². The van der Waals surface area contributed by atoms with Crippen LogP contribution in [-0.4, -0.2) is 32.7 Å². The van der Waals surface area contributed by atoms with Crippen LogP contribution < -0.4 is 10.6 Å². The van der Waals surface area contributed by atoms with Crippen molar-refractivity contribution in [2.45, 2.75) is 26.8 Å². The predicted octanol–water partition coefficient (Wildman–Crippen LogP) is 4.67. The highest BCUT2D eigenvalue weighted by atomic mass is 35.5. The van der Waals surface area contributed by atoms with E-state index >= 15 is 0 Å². The number of aromatic nitrogens is 3. The van der Waals surface area contributed by atoms with Crippen LogP contribution in [0.1, 0.15) is 19.4 Å². The number of aryl methyl sites for hydroxylation is 1. The van der Waals surface area contributed by atoms with Crippen molar-refractivity contribution in [2.24, 2.45) is 5.92 Å². The molecule has 0 aliphatic heterocycles. The first-order valence-corrected chi connectivity index (χ1v) is 9.54. The number of hydrogen-bond acceptors (Lipinski definition) is 6. The fraction of sp³-hybridized carbons (Fsp3) is 0.286. The molecule has 3 rings (SSSR count). The van der Waals surface area contributed by atoms with Gasteiger partial charge in [0.15, 0.2) is 0 Å². The second-order valence-corrected chi connectivity index (χ2v) is 7.34. The second-order valence-electron chi connectivity index (χ2n) is 6.93. The van der Waals surface area contributed by atoms with Crippen LogP contribution in [0.2, 0.25) is 5.02 Å². The van der Waals surface area contributed by atoms with Crippen LogP contribution in [0.15, 0.2) is 48.8 Å². The Labute approximate surface area is 170 Å². The molecule has 0 saturated heterocycles. The number of para-hydroxylation sites is 1. The highest BCUT2D eigenvalue weighted by Gasteiger charge is 2.15. The van der Waals surface area contributed by atoms with Gasteiger partial charge in [-0.1, -0.05) is 37.6 Å². The predicted molar refractivity (Wildman–Crippen MR) is 114 cm³/mol. The van der Waals surface area contributed by atoms with Gasteiger partial charge in [0.05, 0.1) is 29.1 Å². The van der Waals surface area contributed by atoms with E-state index in [1.807, 2.05) is 57.2 Å². The van der Waals surface area contributed by atoms with Crippen molar-refractivity contribution in [3.05, 3.63) is 59.4 Å². The lowest BCUT2D eigenvalue weighted by molar-refractivity contribution is 0.248. The second kappa shape index (κ2) is 8.99. The molecule has 1 atom stereocenters. The van der Waals surface area contributed by atoms with Crippen molar-refractivity contribution in [3.63, 3.8) is 0 Å². The first-order valence-electron chi connectivity index (χ1n) is 9.17. The third-order valence-electron chi connectivity index (χ3n) is 4.49. The van der Waals surface area contributed by atoms with Gasteiger partial charge in [-0.2, -0.15) is 4.98 Å². The van der Waals surface area contributed by atoms with Crippen LogP contribution in [-0.2, 0) is 0 Å². The number of pyridine rings is 1. The van der Waals surface area contributed by atoms with Gasteiger partial charge in [0, 0.05) is 24.0 Å². The number of aliphatic hydroxyl groups excluding tert-OH is 1. The van der Waals surface area contributed by atoms with Crippen LogP contribution in [0.3, 0.4) is 0 Å². The molecule has 1 aromatic carbocycles. The van der Waals surface area contributed by atoms with Gasteiger partial charge in [-0.15, -0.1) is 0 Å². The topological polar surface area (TPSA) is 83.0 Å². The summed E-state index contributed by atoms with van der Waals surface area (Å²) in [5.74, 6) is 1.27. The van der Waals surface area contributed by atoms with Crippen LogP contribution in [0.25, 0.3) is 11.3 Å². The monoisotopic (exact) mass is 397 g/mol. The van der Waals surface area contributed by atoms with Gasteiger partial charge in [-0.05, 0) is 36.6 Å². The molecule has 7 heteroatoms. The molecule has 28 heavy (non-hydrogen) atoms. The normalized spacial score (nSPS) is 12.1. The van der Waals surface area contributed by atoms with Crippen LogP contribution in [0, 0.1) is 12.8 Å². The number of rotatable bonds is 7. The van der Waals surface area contributed by atoms with Crippen molar-refractivity contribution in [2.75, 3.05) is 17.2 Å². The molecule has 3 N–H and O–H groups in total. The molecule has 0 amide bonds. The minimum Gasteiger partial charge on any atom is -0.394 e. The summed E-state index contributed by atoms with van der Waals surface area (Å²) < 4.78 is 0. The lowest BCUT2D eigenvalue weighted by atomic mass is 10.1. The Kier molecular flexibility index (Phi) is 6.44. The smallest absolute Gasteiger partial charge is 0.225 e. The van der Waals surface area contributed by atoms with E-state index in [9.17, 15) is 5.11 Å². The Bertz CT molecular complexity index is 913. The molecule has 0 radical (unpaired) electrons. The molecular formula is C21H24ClN5O. The van der Waals surface area contributed by atoms with E-state index in [-0.39, 0.29) is 18.6 Å². The number of benzene rings is 1. The van der Waals surface area contributed by atoms with Crippen molar-refractivity contribution >= 4 is 29.1 Å². The van der Waals surface area contributed by atoms with Crippen molar-refractivity contribution in [1.82, 2.24) is 15.0 Å². The van der Waals surface area contributed by atoms with E-state index in [0.717, 1.165) is 22.5 Å². The van der Waals surface area contributed by atoms with E-state index in [0.29, 0.717) is 16.8 Å².